The van der Waals surface area contributed by atoms with Gasteiger partial charge in [0.05, 0.1) is 17.9 Å². The first kappa shape index (κ1) is 12.4. The standard InChI is InChI=1S/C13H18N8/c14-20-17-9-3-1-2-8(6-9)13-19-18-11-7-16-12-10(21(11)13)4-5-15-12/h4-5,7-9,11,15,18H,1-3,6H2,(H2,14,17)/t8-,9+,11?/m0/s1. The van der Waals surface area contributed by atoms with E-state index in [2.05, 4.69) is 35.7 Å². The second-order valence-corrected chi connectivity index (χ2v) is 5.65. The Bertz CT molecular complexity index is 615. The zero-order chi connectivity index (χ0) is 14.2. The number of nitrogens with one attached hydrogen (secondary N) is 2. The SMILES string of the molecule is NN=N[C@@H]1CCC[C@H](C2=NNC3C=Nc4[nH]ccc4N23)C1. The van der Waals surface area contributed by atoms with Crippen molar-refractivity contribution in [2.75, 3.05) is 4.90 Å². The fourth-order valence-corrected chi connectivity index (χ4v) is 3.44. The van der Waals surface area contributed by atoms with Crippen molar-refractivity contribution in [2.45, 2.75) is 37.9 Å². The second kappa shape index (κ2) is 4.87. The zero-order valence-corrected chi connectivity index (χ0v) is 11.6. The number of fused-ring (bicyclic) bond motifs is 3. The number of aliphatic imine (C=N–C) groups is 1. The molecular formula is C13H18N8. The summed E-state index contributed by atoms with van der Waals surface area (Å²) in [5.41, 5.74) is 4.23. The molecule has 0 aromatic carbocycles. The molecule has 0 amide bonds. The molecule has 110 valence electrons. The van der Waals surface area contributed by atoms with Gasteiger partial charge in [0.15, 0.2) is 12.0 Å². The third-order valence-corrected chi connectivity index (χ3v) is 4.39. The minimum atomic E-state index is 0.0137. The number of nitrogens with zero attached hydrogens (tertiary/aromatic N) is 5. The van der Waals surface area contributed by atoms with Gasteiger partial charge in [-0.1, -0.05) is 11.6 Å². The molecule has 1 saturated carbocycles. The van der Waals surface area contributed by atoms with Gasteiger partial charge >= 0.3 is 0 Å². The van der Waals surface area contributed by atoms with E-state index in [1.165, 1.54) is 0 Å². The molecule has 0 radical (unpaired) electrons. The summed E-state index contributed by atoms with van der Waals surface area (Å²) in [5.74, 6) is 7.53. The van der Waals surface area contributed by atoms with Gasteiger partial charge in [-0.05, 0) is 25.3 Å². The molecule has 1 aromatic rings. The van der Waals surface area contributed by atoms with Crippen LogP contribution in [0.5, 0.6) is 0 Å². The molecule has 0 spiro atoms. The van der Waals surface area contributed by atoms with E-state index in [0.29, 0.717) is 5.92 Å². The van der Waals surface area contributed by atoms with Crippen molar-refractivity contribution < 1.29 is 0 Å². The number of H-pyrrole nitrogens is 1. The Morgan fingerprint density at radius 3 is 3.24 bits per heavy atom. The molecule has 0 saturated heterocycles. The normalized spacial score (nSPS) is 31.0. The van der Waals surface area contributed by atoms with Gasteiger partial charge in [0.2, 0.25) is 0 Å². The Balaban J connectivity index is 1.60. The molecule has 3 atom stereocenters. The zero-order valence-electron chi connectivity index (χ0n) is 11.6. The average molecular weight is 286 g/mol. The molecule has 8 heteroatoms. The average Bonchev–Trinajstić information content (AvgIpc) is 3.13. The summed E-state index contributed by atoms with van der Waals surface area (Å²) >= 11 is 0. The van der Waals surface area contributed by atoms with E-state index in [1.54, 1.807) is 0 Å². The van der Waals surface area contributed by atoms with Crippen LogP contribution < -0.4 is 16.2 Å². The molecule has 4 N–H and O–H groups in total. The van der Waals surface area contributed by atoms with Crippen LogP contribution in [-0.2, 0) is 0 Å². The maximum atomic E-state index is 5.20. The second-order valence-electron chi connectivity index (χ2n) is 5.65. The summed E-state index contributed by atoms with van der Waals surface area (Å²) in [6, 6.07) is 2.25. The molecule has 21 heavy (non-hydrogen) atoms. The number of amidine groups is 1. The molecule has 1 aromatic heterocycles. The van der Waals surface area contributed by atoms with Crippen molar-refractivity contribution in [1.82, 2.24) is 10.4 Å². The van der Waals surface area contributed by atoms with Crippen LogP contribution in [0.1, 0.15) is 25.7 Å². The summed E-state index contributed by atoms with van der Waals surface area (Å²) in [6.45, 7) is 0. The number of nitrogens with two attached hydrogens (primary N) is 1. The van der Waals surface area contributed by atoms with Gasteiger partial charge in [-0.3, -0.25) is 10.3 Å². The highest BCUT2D eigenvalue weighted by Crippen LogP contribution is 2.37. The van der Waals surface area contributed by atoms with E-state index in [9.17, 15) is 0 Å². The fraction of sp³-hybridized carbons (Fsp3) is 0.538. The van der Waals surface area contributed by atoms with Crippen LogP contribution in [0.25, 0.3) is 0 Å². The van der Waals surface area contributed by atoms with Crippen LogP contribution in [0.3, 0.4) is 0 Å². The molecule has 3 heterocycles. The monoisotopic (exact) mass is 286 g/mol. The third-order valence-electron chi connectivity index (χ3n) is 4.39. The van der Waals surface area contributed by atoms with Crippen molar-refractivity contribution in [2.24, 2.45) is 32.2 Å². The van der Waals surface area contributed by atoms with E-state index in [0.717, 1.165) is 43.0 Å². The molecule has 0 bridgehead atoms. The Morgan fingerprint density at radius 1 is 1.38 bits per heavy atom. The largest absolute Gasteiger partial charge is 0.345 e. The van der Waals surface area contributed by atoms with Gasteiger partial charge in [0, 0.05) is 12.1 Å². The minimum Gasteiger partial charge on any atom is -0.345 e. The summed E-state index contributed by atoms with van der Waals surface area (Å²) < 4.78 is 0. The Labute approximate surface area is 122 Å². The number of aromatic amines is 1. The number of rotatable bonds is 2. The molecule has 8 nitrogen and oxygen atoms in total. The first-order valence-corrected chi connectivity index (χ1v) is 7.31. The highest BCUT2D eigenvalue weighted by atomic mass is 15.5. The summed E-state index contributed by atoms with van der Waals surface area (Å²) in [7, 11) is 0. The lowest BCUT2D eigenvalue weighted by Gasteiger charge is -2.33. The van der Waals surface area contributed by atoms with Crippen LogP contribution >= 0.6 is 0 Å². The number of anilines is 1. The molecule has 2 aliphatic heterocycles. The lowest BCUT2D eigenvalue weighted by Crippen LogP contribution is -2.45. The van der Waals surface area contributed by atoms with Crippen molar-refractivity contribution in [3.05, 3.63) is 12.3 Å². The van der Waals surface area contributed by atoms with Crippen LogP contribution in [0, 0.1) is 5.92 Å². The highest BCUT2D eigenvalue weighted by Gasteiger charge is 2.38. The number of aromatic nitrogens is 1. The highest BCUT2D eigenvalue weighted by molar-refractivity contribution is 6.07. The summed E-state index contributed by atoms with van der Waals surface area (Å²) in [5, 5.41) is 12.1. The van der Waals surface area contributed by atoms with E-state index < -0.39 is 0 Å². The van der Waals surface area contributed by atoms with E-state index in [4.69, 9.17) is 5.84 Å². The summed E-state index contributed by atoms with van der Waals surface area (Å²) in [4.78, 5) is 9.79. The molecule has 1 fully saturated rings. The number of hydrogen-bond donors (Lipinski definition) is 3. The van der Waals surface area contributed by atoms with Crippen LogP contribution in [-0.4, -0.2) is 29.2 Å². The van der Waals surface area contributed by atoms with Crippen molar-refractivity contribution in [3.63, 3.8) is 0 Å². The molecule has 4 rings (SSSR count). The predicted octanol–water partition coefficient (Wildman–Crippen LogP) is 1.66. The van der Waals surface area contributed by atoms with E-state index in [-0.39, 0.29) is 12.2 Å². The molecular weight excluding hydrogens is 268 g/mol. The number of hydrogen-bond acceptors (Lipinski definition) is 6. The van der Waals surface area contributed by atoms with Gasteiger partial charge in [0.25, 0.3) is 0 Å². The number of hydrazone groups is 1. The van der Waals surface area contributed by atoms with Gasteiger partial charge in [0.1, 0.15) is 5.84 Å². The Hall–Kier alpha value is -2.38. The van der Waals surface area contributed by atoms with Gasteiger partial charge in [-0.2, -0.15) is 10.2 Å². The Morgan fingerprint density at radius 2 is 2.33 bits per heavy atom. The smallest absolute Gasteiger partial charge is 0.157 e. The van der Waals surface area contributed by atoms with Crippen LogP contribution in [0.15, 0.2) is 32.7 Å². The maximum Gasteiger partial charge on any atom is 0.157 e. The van der Waals surface area contributed by atoms with Crippen molar-refractivity contribution >= 4 is 23.6 Å². The topological polar surface area (TPSA) is 107 Å². The maximum absolute atomic E-state index is 5.20. The quantitative estimate of drug-likeness (QED) is 0.437. The third kappa shape index (κ3) is 1.98. The minimum absolute atomic E-state index is 0.0137. The molecule has 1 aliphatic carbocycles. The first-order chi connectivity index (χ1) is 10.4. The predicted molar refractivity (Wildman–Crippen MR) is 80.6 cm³/mol. The van der Waals surface area contributed by atoms with Crippen LogP contribution in [0.4, 0.5) is 11.5 Å². The fourth-order valence-electron chi connectivity index (χ4n) is 3.44. The first-order valence-electron chi connectivity index (χ1n) is 7.31. The van der Waals surface area contributed by atoms with Gasteiger partial charge in [-0.25, -0.2) is 4.99 Å². The van der Waals surface area contributed by atoms with Crippen molar-refractivity contribution in [1.29, 1.82) is 0 Å². The van der Waals surface area contributed by atoms with Crippen molar-refractivity contribution in [3.8, 4) is 0 Å². The summed E-state index contributed by atoms with van der Waals surface area (Å²) in [6.07, 6.45) is 8.05. The van der Waals surface area contributed by atoms with E-state index >= 15 is 0 Å². The van der Waals surface area contributed by atoms with Crippen LogP contribution in [0.2, 0.25) is 0 Å². The Kier molecular flexibility index (Phi) is 2.87. The van der Waals surface area contributed by atoms with Gasteiger partial charge < -0.3 is 10.8 Å². The lowest BCUT2D eigenvalue weighted by molar-refractivity contribution is 0.377. The molecule has 1 unspecified atom stereocenters. The molecule has 3 aliphatic rings. The van der Waals surface area contributed by atoms with E-state index in [1.807, 2.05) is 18.5 Å². The lowest BCUT2D eigenvalue weighted by atomic mass is 9.84. The van der Waals surface area contributed by atoms with Gasteiger partial charge in [-0.15, -0.1) is 0 Å².